The van der Waals surface area contributed by atoms with E-state index in [9.17, 15) is 4.39 Å². The lowest BCUT2D eigenvalue weighted by molar-refractivity contribution is 0.468. The molecule has 0 spiro atoms. The van der Waals surface area contributed by atoms with Gasteiger partial charge in [-0.3, -0.25) is 0 Å². The summed E-state index contributed by atoms with van der Waals surface area (Å²) in [5.41, 5.74) is 11.9. The zero-order valence-corrected chi connectivity index (χ0v) is 11.7. The highest BCUT2D eigenvalue weighted by molar-refractivity contribution is 5.52. The van der Waals surface area contributed by atoms with E-state index in [1.807, 2.05) is 13.8 Å². The van der Waals surface area contributed by atoms with Crippen LogP contribution < -0.4 is 16.2 Å². The molecule has 1 heterocycles. The number of nitrogens with zero attached hydrogens (tertiary/aromatic N) is 2. The van der Waals surface area contributed by atoms with Gasteiger partial charge >= 0.3 is 0 Å². The standard InChI is InChI=1S/C15H15FN4O/c1-4-9-5-12(10(8(2)3)6-11(9)16)21-13-7-19-15(18)20-14(13)17/h1,5-8H,2-3H3,(H4,17,18,19,20). The van der Waals surface area contributed by atoms with Gasteiger partial charge in [0.15, 0.2) is 11.6 Å². The van der Waals surface area contributed by atoms with Crippen LogP contribution in [0.25, 0.3) is 0 Å². The number of nitrogens with two attached hydrogens (primary N) is 2. The van der Waals surface area contributed by atoms with Crippen molar-refractivity contribution < 1.29 is 9.13 Å². The van der Waals surface area contributed by atoms with Gasteiger partial charge < -0.3 is 16.2 Å². The largest absolute Gasteiger partial charge is 0.451 e. The summed E-state index contributed by atoms with van der Waals surface area (Å²) in [6.45, 7) is 3.83. The van der Waals surface area contributed by atoms with Gasteiger partial charge in [0.25, 0.3) is 0 Å². The van der Waals surface area contributed by atoms with E-state index in [0.717, 1.165) is 0 Å². The van der Waals surface area contributed by atoms with Crippen LogP contribution in [0.4, 0.5) is 16.2 Å². The van der Waals surface area contributed by atoms with E-state index in [-0.39, 0.29) is 29.0 Å². The monoisotopic (exact) mass is 286 g/mol. The number of rotatable bonds is 3. The molecule has 4 N–H and O–H groups in total. The first-order valence-corrected chi connectivity index (χ1v) is 6.28. The molecule has 0 unspecified atom stereocenters. The number of terminal acetylenes is 1. The van der Waals surface area contributed by atoms with Crippen molar-refractivity contribution in [3.63, 3.8) is 0 Å². The molecular weight excluding hydrogens is 271 g/mol. The molecule has 2 aromatic rings. The van der Waals surface area contributed by atoms with Crippen molar-refractivity contribution in [3.8, 4) is 23.8 Å². The number of halogens is 1. The van der Waals surface area contributed by atoms with Crippen LogP contribution in [0.5, 0.6) is 11.5 Å². The van der Waals surface area contributed by atoms with E-state index in [0.29, 0.717) is 11.3 Å². The number of hydrogen-bond donors (Lipinski definition) is 2. The molecule has 108 valence electrons. The zero-order chi connectivity index (χ0) is 15.6. The van der Waals surface area contributed by atoms with E-state index < -0.39 is 5.82 Å². The third-order valence-electron chi connectivity index (χ3n) is 2.90. The molecule has 5 nitrogen and oxygen atoms in total. The minimum atomic E-state index is -0.463. The molecular formula is C15H15FN4O. The van der Waals surface area contributed by atoms with Gasteiger partial charge in [-0.05, 0) is 18.1 Å². The number of benzene rings is 1. The zero-order valence-electron chi connectivity index (χ0n) is 11.7. The minimum Gasteiger partial charge on any atom is -0.451 e. The number of ether oxygens (including phenoxy) is 1. The lowest BCUT2D eigenvalue weighted by Gasteiger charge is -2.15. The van der Waals surface area contributed by atoms with Crippen LogP contribution in [-0.4, -0.2) is 9.97 Å². The van der Waals surface area contributed by atoms with Crippen molar-refractivity contribution in [1.29, 1.82) is 0 Å². The Bertz CT molecular complexity index is 722. The molecule has 0 saturated heterocycles. The predicted octanol–water partition coefficient (Wildman–Crippen LogP) is 2.68. The third kappa shape index (κ3) is 3.03. The van der Waals surface area contributed by atoms with Crippen LogP contribution in [0, 0.1) is 18.2 Å². The highest BCUT2D eigenvalue weighted by Crippen LogP contribution is 2.34. The van der Waals surface area contributed by atoms with Gasteiger partial charge in [0.05, 0.1) is 11.8 Å². The average molecular weight is 286 g/mol. The van der Waals surface area contributed by atoms with Crippen molar-refractivity contribution in [1.82, 2.24) is 9.97 Å². The van der Waals surface area contributed by atoms with Crippen molar-refractivity contribution in [2.24, 2.45) is 0 Å². The van der Waals surface area contributed by atoms with Crippen molar-refractivity contribution in [2.75, 3.05) is 11.5 Å². The SMILES string of the molecule is C#Cc1cc(Oc2cnc(N)nc2N)c(C(C)C)cc1F. The summed E-state index contributed by atoms with van der Waals surface area (Å²) in [6.07, 6.45) is 6.64. The molecule has 6 heteroatoms. The Hall–Kier alpha value is -2.81. The predicted molar refractivity (Wildman–Crippen MR) is 79.4 cm³/mol. The molecule has 0 atom stereocenters. The minimum absolute atomic E-state index is 0.0391. The summed E-state index contributed by atoms with van der Waals surface area (Å²) in [7, 11) is 0. The summed E-state index contributed by atoms with van der Waals surface area (Å²) in [5, 5.41) is 0. The summed E-state index contributed by atoms with van der Waals surface area (Å²) < 4.78 is 19.5. The lowest BCUT2D eigenvalue weighted by Crippen LogP contribution is -2.03. The second-order valence-electron chi connectivity index (χ2n) is 4.75. The quantitative estimate of drug-likeness (QED) is 0.847. The average Bonchev–Trinajstić information content (AvgIpc) is 2.42. The maximum absolute atomic E-state index is 13.8. The molecule has 0 amide bonds. The second-order valence-corrected chi connectivity index (χ2v) is 4.75. The first-order valence-electron chi connectivity index (χ1n) is 6.28. The van der Waals surface area contributed by atoms with Crippen molar-refractivity contribution in [3.05, 3.63) is 35.3 Å². The molecule has 21 heavy (non-hydrogen) atoms. The van der Waals surface area contributed by atoms with Crippen molar-refractivity contribution in [2.45, 2.75) is 19.8 Å². The van der Waals surface area contributed by atoms with Gasteiger partial charge in [-0.25, -0.2) is 9.37 Å². The Balaban J connectivity index is 2.49. The summed E-state index contributed by atoms with van der Waals surface area (Å²) in [6, 6.07) is 2.82. The maximum Gasteiger partial charge on any atom is 0.222 e. The molecule has 0 bridgehead atoms. The van der Waals surface area contributed by atoms with Crippen LogP contribution in [-0.2, 0) is 0 Å². The van der Waals surface area contributed by atoms with Gasteiger partial charge in [0.1, 0.15) is 11.6 Å². The van der Waals surface area contributed by atoms with Gasteiger partial charge in [0.2, 0.25) is 5.95 Å². The Morgan fingerprint density at radius 1 is 1.29 bits per heavy atom. The molecule has 0 radical (unpaired) electrons. The topological polar surface area (TPSA) is 87.0 Å². The van der Waals surface area contributed by atoms with E-state index in [1.165, 1.54) is 18.3 Å². The summed E-state index contributed by atoms with van der Waals surface area (Å²) in [4.78, 5) is 7.63. The second kappa shape index (κ2) is 5.67. The molecule has 2 rings (SSSR count). The van der Waals surface area contributed by atoms with Gasteiger partial charge in [-0.1, -0.05) is 19.8 Å². The molecule has 0 aliphatic carbocycles. The summed E-state index contributed by atoms with van der Waals surface area (Å²) >= 11 is 0. The molecule has 1 aromatic heterocycles. The fourth-order valence-corrected chi connectivity index (χ4v) is 1.81. The van der Waals surface area contributed by atoms with Crippen LogP contribution in [0.2, 0.25) is 0 Å². The number of anilines is 2. The molecule has 0 saturated carbocycles. The Morgan fingerprint density at radius 3 is 2.57 bits per heavy atom. The number of nitrogen functional groups attached to an aromatic ring is 2. The van der Waals surface area contributed by atoms with Gasteiger partial charge in [0, 0.05) is 5.56 Å². The Labute approximate surface area is 122 Å². The Morgan fingerprint density at radius 2 is 2.00 bits per heavy atom. The van der Waals surface area contributed by atoms with Crippen molar-refractivity contribution >= 4 is 11.8 Å². The number of hydrogen-bond acceptors (Lipinski definition) is 5. The van der Waals surface area contributed by atoms with E-state index in [2.05, 4.69) is 15.9 Å². The molecule has 0 aliphatic rings. The van der Waals surface area contributed by atoms with Gasteiger partial charge in [-0.2, -0.15) is 4.98 Å². The van der Waals surface area contributed by atoms with Crippen LogP contribution >= 0.6 is 0 Å². The van der Waals surface area contributed by atoms with Crippen LogP contribution in [0.3, 0.4) is 0 Å². The third-order valence-corrected chi connectivity index (χ3v) is 2.90. The van der Waals surface area contributed by atoms with E-state index >= 15 is 0 Å². The Kier molecular flexibility index (Phi) is 3.94. The first kappa shape index (κ1) is 14.6. The molecule has 1 aromatic carbocycles. The first-order chi connectivity index (χ1) is 9.92. The smallest absolute Gasteiger partial charge is 0.222 e. The van der Waals surface area contributed by atoms with Gasteiger partial charge in [-0.15, -0.1) is 6.42 Å². The number of aromatic nitrogens is 2. The fourth-order valence-electron chi connectivity index (χ4n) is 1.81. The highest BCUT2D eigenvalue weighted by atomic mass is 19.1. The van der Waals surface area contributed by atoms with E-state index in [1.54, 1.807) is 0 Å². The van der Waals surface area contributed by atoms with Crippen LogP contribution in [0.15, 0.2) is 18.3 Å². The highest BCUT2D eigenvalue weighted by Gasteiger charge is 2.15. The summed E-state index contributed by atoms with van der Waals surface area (Å²) in [5.74, 6) is 2.65. The molecule has 0 fully saturated rings. The fraction of sp³-hybridized carbons (Fsp3) is 0.200. The van der Waals surface area contributed by atoms with Crippen LogP contribution in [0.1, 0.15) is 30.9 Å². The van der Waals surface area contributed by atoms with E-state index in [4.69, 9.17) is 22.6 Å². The molecule has 0 aliphatic heterocycles. The maximum atomic E-state index is 13.8. The lowest BCUT2D eigenvalue weighted by atomic mass is 10.00. The normalized spacial score (nSPS) is 10.4.